The number of hydrogen-bond donors (Lipinski definition) is 1. The molecule has 0 saturated heterocycles. The van der Waals surface area contributed by atoms with Crippen LogP contribution in [0.1, 0.15) is 16.7 Å². The zero-order chi connectivity index (χ0) is 23.4. The molecule has 3 rings (SSSR count). The Bertz CT molecular complexity index is 1170. The van der Waals surface area contributed by atoms with Crippen molar-refractivity contribution < 1.29 is 18.8 Å². The molecule has 2 aromatic carbocycles. The maximum atomic E-state index is 15.1. The van der Waals surface area contributed by atoms with Gasteiger partial charge in [0.15, 0.2) is 0 Å². The molecular formula is C22H18Cl2FN3O4. The third kappa shape index (κ3) is 4.76. The Labute approximate surface area is 193 Å². The highest BCUT2D eigenvalue weighted by molar-refractivity contribution is 6.39. The number of nitrogens with zero attached hydrogens (tertiary/aromatic N) is 2. The lowest BCUT2D eigenvalue weighted by Crippen LogP contribution is -2.00. The predicted octanol–water partition coefficient (Wildman–Crippen LogP) is 6.83. The molecule has 0 spiro atoms. The van der Waals surface area contributed by atoms with Crippen LogP contribution in [-0.4, -0.2) is 24.1 Å². The minimum absolute atomic E-state index is 0.00478. The first-order chi connectivity index (χ1) is 15.3. The van der Waals surface area contributed by atoms with Crippen molar-refractivity contribution in [3.8, 4) is 11.5 Å². The molecule has 10 heteroatoms. The van der Waals surface area contributed by atoms with Crippen LogP contribution in [0.15, 0.2) is 42.6 Å². The van der Waals surface area contributed by atoms with Gasteiger partial charge in [0.25, 0.3) is 5.69 Å². The SMILES string of the molecule is COc1cc(OC)c(Cl)c(/C(F)=C/c2ccc(Nc3c(C)cccc3[N+](=O)[O-])nc2)c1Cl. The number of pyridine rings is 1. The summed E-state index contributed by atoms with van der Waals surface area (Å²) in [6, 6.07) is 9.39. The van der Waals surface area contributed by atoms with Crippen LogP contribution in [-0.2, 0) is 0 Å². The van der Waals surface area contributed by atoms with E-state index in [4.69, 9.17) is 32.7 Å². The monoisotopic (exact) mass is 477 g/mol. The van der Waals surface area contributed by atoms with Crippen LogP contribution < -0.4 is 14.8 Å². The predicted molar refractivity (Wildman–Crippen MR) is 124 cm³/mol. The number of benzene rings is 2. The van der Waals surface area contributed by atoms with Crippen molar-refractivity contribution in [3.63, 3.8) is 0 Å². The van der Waals surface area contributed by atoms with Gasteiger partial charge in [0.2, 0.25) is 0 Å². The number of nitro groups is 1. The van der Waals surface area contributed by atoms with Gasteiger partial charge >= 0.3 is 0 Å². The van der Waals surface area contributed by atoms with Gasteiger partial charge in [0.1, 0.15) is 28.8 Å². The van der Waals surface area contributed by atoms with Crippen molar-refractivity contribution in [2.75, 3.05) is 19.5 Å². The summed E-state index contributed by atoms with van der Waals surface area (Å²) in [6.07, 6.45) is 2.62. The van der Waals surface area contributed by atoms with Crippen LogP contribution in [0.2, 0.25) is 10.0 Å². The zero-order valence-corrected chi connectivity index (χ0v) is 18.8. The van der Waals surface area contributed by atoms with Gasteiger partial charge in [-0.05, 0) is 36.3 Å². The number of halogens is 3. The second kappa shape index (κ2) is 9.84. The fourth-order valence-electron chi connectivity index (χ4n) is 2.97. The molecule has 1 heterocycles. The third-order valence-corrected chi connectivity index (χ3v) is 5.34. The Morgan fingerprint density at radius 1 is 1.16 bits per heavy atom. The fourth-order valence-corrected chi connectivity index (χ4v) is 3.65. The zero-order valence-electron chi connectivity index (χ0n) is 17.3. The number of ether oxygens (including phenoxy) is 2. The van der Waals surface area contributed by atoms with E-state index in [1.807, 2.05) is 0 Å². The Hall–Kier alpha value is -3.36. The normalized spacial score (nSPS) is 11.2. The Morgan fingerprint density at radius 3 is 2.34 bits per heavy atom. The van der Waals surface area contributed by atoms with Crippen molar-refractivity contribution in [2.45, 2.75) is 6.92 Å². The summed E-state index contributed by atoms with van der Waals surface area (Å²) in [5.41, 5.74) is 1.30. The van der Waals surface area contributed by atoms with E-state index in [9.17, 15) is 10.1 Å². The molecule has 0 aliphatic carbocycles. The van der Waals surface area contributed by atoms with E-state index in [0.717, 1.165) is 0 Å². The molecule has 166 valence electrons. The quantitative estimate of drug-likeness (QED) is 0.296. The van der Waals surface area contributed by atoms with Crippen LogP contribution in [0.5, 0.6) is 11.5 Å². The maximum Gasteiger partial charge on any atom is 0.292 e. The molecule has 0 aliphatic heterocycles. The number of methoxy groups -OCH3 is 2. The highest BCUT2D eigenvalue weighted by atomic mass is 35.5. The van der Waals surface area contributed by atoms with E-state index in [1.165, 1.54) is 38.6 Å². The first-order valence-electron chi connectivity index (χ1n) is 9.21. The van der Waals surface area contributed by atoms with E-state index in [1.54, 1.807) is 31.2 Å². The molecule has 0 fully saturated rings. The second-order valence-electron chi connectivity index (χ2n) is 6.60. The molecule has 32 heavy (non-hydrogen) atoms. The fraction of sp³-hybridized carbons (Fsp3) is 0.136. The van der Waals surface area contributed by atoms with Gasteiger partial charge < -0.3 is 14.8 Å². The molecule has 1 aromatic heterocycles. The van der Waals surface area contributed by atoms with Gasteiger partial charge in [0, 0.05) is 18.3 Å². The maximum absolute atomic E-state index is 15.1. The summed E-state index contributed by atoms with van der Waals surface area (Å²) >= 11 is 12.5. The van der Waals surface area contributed by atoms with Crippen molar-refractivity contribution in [3.05, 3.63) is 79.4 Å². The molecule has 0 unspecified atom stereocenters. The molecule has 0 amide bonds. The van der Waals surface area contributed by atoms with Gasteiger partial charge in [-0.1, -0.05) is 35.3 Å². The van der Waals surface area contributed by atoms with Crippen LogP contribution in [0.25, 0.3) is 11.9 Å². The average Bonchev–Trinajstić information content (AvgIpc) is 2.76. The van der Waals surface area contributed by atoms with Gasteiger partial charge in [-0.2, -0.15) is 0 Å². The first kappa shape index (κ1) is 23.3. The standard InChI is InChI=1S/C22H18Cl2FN3O4/c1-12-5-4-6-15(28(29)30)22(12)27-18-8-7-13(11-26-18)9-14(25)19-20(23)16(31-2)10-17(32-3)21(19)24/h4-11H,1-3H3,(H,26,27)/b14-9-. The van der Waals surface area contributed by atoms with Crippen molar-refractivity contribution >= 4 is 52.3 Å². The van der Waals surface area contributed by atoms with Crippen molar-refractivity contribution in [1.82, 2.24) is 4.98 Å². The largest absolute Gasteiger partial charge is 0.495 e. The van der Waals surface area contributed by atoms with E-state index in [2.05, 4.69) is 10.3 Å². The van der Waals surface area contributed by atoms with E-state index >= 15 is 4.39 Å². The molecule has 0 bridgehead atoms. The van der Waals surface area contributed by atoms with Crippen LogP contribution in [0.4, 0.5) is 21.6 Å². The van der Waals surface area contributed by atoms with Gasteiger partial charge in [-0.3, -0.25) is 10.1 Å². The number of anilines is 2. The van der Waals surface area contributed by atoms with Crippen LogP contribution in [0, 0.1) is 17.0 Å². The van der Waals surface area contributed by atoms with Crippen molar-refractivity contribution in [2.24, 2.45) is 0 Å². The molecule has 0 atom stereocenters. The Balaban J connectivity index is 1.92. The molecule has 0 saturated carbocycles. The Kier molecular flexibility index (Phi) is 7.17. The molecule has 1 N–H and O–H groups in total. The summed E-state index contributed by atoms with van der Waals surface area (Å²) in [5, 5.41) is 14.2. The van der Waals surface area contributed by atoms with E-state index in [-0.39, 0.29) is 32.8 Å². The molecule has 0 radical (unpaired) electrons. The van der Waals surface area contributed by atoms with Crippen molar-refractivity contribution in [1.29, 1.82) is 0 Å². The lowest BCUT2D eigenvalue weighted by Gasteiger charge is -2.13. The number of aryl methyl sites for hydroxylation is 1. The van der Waals surface area contributed by atoms with E-state index in [0.29, 0.717) is 22.6 Å². The molecular weight excluding hydrogens is 460 g/mol. The highest BCUT2D eigenvalue weighted by Crippen LogP contribution is 2.44. The average molecular weight is 478 g/mol. The summed E-state index contributed by atoms with van der Waals surface area (Å²) in [5.74, 6) is 0.0706. The highest BCUT2D eigenvalue weighted by Gasteiger charge is 2.21. The van der Waals surface area contributed by atoms with Gasteiger partial charge in [-0.25, -0.2) is 9.37 Å². The minimum atomic E-state index is -0.714. The van der Waals surface area contributed by atoms with Gasteiger partial charge in [0.05, 0.1) is 34.8 Å². The van der Waals surface area contributed by atoms with Gasteiger partial charge in [-0.15, -0.1) is 0 Å². The number of para-hydroxylation sites is 1. The third-order valence-electron chi connectivity index (χ3n) is 4.59. The van der Waals surface area contributed by atoms with Crippen LogP contribution in [0.3, 0.4) is 0 Å². The summed E-state index contributed by atoms with van der Waals surface area (Å²) in [6.45, 7) is 1.75. The smallest absolute Gasteiger partial charge is 0.292 e. The second-order valence-corrected chi connectivity index (χ2v) is 7.36. The summed E-state index contributed by atoms with van der Waals surface area (Å²) < 4.78 is 25.4. The minimum Gasteiger partial charge on any atom is -0.495 e. The number of nitro benzene ring substituents is 1. The lowest BCUT2D eigenvalue weighted by atomic mass is 10.1. The molecule has 7 nitrogen and oxygen atoms in total. The Morgan fingerprint density at radius 2 is 1.81 bits per heavy atom. The molecule has 0 aliphatic rings. The number of hydrogen-bond acceptors (Lipinski definition) is 6. The summed E-state index contributed by atoms with van der Waals surface area (Å²) in [4.78, 5) is 15.0. The molecule has 3 aromatic rings. The number of nitrogens with one attached hydrogen (secondary N) is 1. The number of rotatable bonds is 7. The topological polar surface area (TPSA) is 86.5 Å². The lowest BCUT2D eigenvalue weighted by molar-refractivity contribution is -0.384. The van der Waals surface area contributed by atoms with E-state index < -0.39 is 10.8 Å². The van der Waals surface area contributed by atoms with Crippen LogP contribution >= 0.6 is 23.2 Å². The number of aromatic nitrogens is 1. The summed E-state index contributed by atoms with van der Waals surface area (Å²) in [7, 11) is 2.79. The first-order valence-corrected chi connectivity index (χ1v) is 9.97.